The van der Waals surface area contributed by atoms with E-state index in [-0.39, 0.29) is 0 Å². The van der Waals surface area contributed by atoms with Gasteiger partial charge in [-0.15, -0.1) is 0 Å². The Morgan fingerprint density at radius 3 is 2.24 bits per heavy atom. The maximum Gasteiger partial charge on any atom is 0.0719 e. The smallest absolute Gasteiger partial charge is 0.0719 e. The molecule has 0 heterocycles. The second-order valence-electron chi connectivity index (χ2n) is 3.74. The minimum atomic E-state index is 0.616. The minimum Gasteiger partial charge on any atom is -0.380 e. The van der Waals surface area contributed by atoms with Gasteiger partial charge in [0.1, 0.15) is 0 Å². The van der Waals surface area contributed by atoms with Gasteiger partial charge in [0.2, 0.25) is 0 Å². The highest BCUT2D eigenvalue weighted by Gasteiger charge is 2.05. The van der Waals surface area contributed by atoms with Crippen molar-refractivity contribution < 1.29 is 4.74 Å². The lowest BCUT2D eigenvalue weighted by Gasteiger charge is -2.10. The fourth-order valence-electron chi connectivity index (χ4n) is 1.75. The van der Waals surface area contributed by atoms with Gasteiger partial charge in [0.25, 0.3) is 0 Å². The molecule has 0 aliphatic rings. The molecule has 0 spiro atoms. The molecule has 0 amide bonds. The average Bonchev–Trinajstić information content (AvgIpc) is 2.31. The zero-order chi connectivity index (χ0) is 12.3. The molecule has 1 nitrogen and oxygen atoms in total. The van der Waals surface area contributed by atoms with Crippen molar-refractivity contribution in [2.45, 2.75) is 6.61 Å². The molecule has 3 heteroatoms. The number of benzene rings is 2. The Morgan fingerprint density at radius 2 is 1.59 bits per heavy atom. The van der Waals surface area contributed by atoms with E-state index < -0.39 is 0 Å². The molecule has 88 valence electrons. The molecule has 2 rings (SSSR count). The van der Waals surface area contributed by atoms with Crippen molar-refractivity contribution in [3.05, 3.63) is 57.0 Å². The summed E-state index contributed by atoms with van der Waals surface area (Å²) in [5.41, 5.74) is 3.60. The molecule has 0 fully saturated rings. The van der Waals surface area contributed by atoms with Crippen LogP contribution in [0.1, 0.15) is 5.56 Å². The van der Waals surface area contributed by atoms with Crippen LogP contribution in [0.3, 0.4) is 0 Å². The summed E-state index contributed by atoms with van der Waals surface area (Å²) in [5, 5.41) is 0. The highest BCUT2D eigenvalue weighted by Crippen LogP contribution is 2.28. The topological polar surface area (TPSA) is 9.23 Å². The summed E-state index contributed by atoms with van der Waals surface area (Å²) < 4.78 is 7.40. The molecule has 2 aromatic carbocycles. The monoisotopic (exact) mass is 354 g/mol. The zero-order valence-electron chi connectivity index (χ0n) is 9.41. The summed E-state index contributed by atoms with van der Waals surface area (Å²) in [7, 11) is 1.71. The van der Waals surface area contributed by atoms with E-state index >= 15 is 0 Å². The number of ether oxygens (including phenoxy) is 1. The number of halogens is 2. The fraction of sp³-hybridized carbons (Fsp3) is 0.143. The Kier molecular flexibility index (Phi) is 4.37. The highest BCUT2D eigenvalue weighted by atomic mass is 79.9. The summed E-state index contributed by atoms with van der Waals surface area (Å²) >= 11 is 6.93. The van der Waals surface area contributed by atoms with Gasteiger partial charge in [-0.2, -0.15) is 0 Å². The maximum atomic E-state index is 5.24. The van der Waals surface area contributed by atoms with Crippen LogP contribution in [0.4, 0.5) is 0 Å². The summed E-state index contributed by atoms with van der Waals surface area (Å²) in [5.74, 6) is 0. The first-order valence-corrected chi connectivity index (χ1v) is 6.82. The second kappa shape index (κ2) is 5.80. The maximum absolute atomic E-state index is 5.24. The van der Waals surface area contributed by atoms with Crippen molar-refractivity contribution >= 4 is 31.9 Å². The Morgan fingerprint density at radius 1 is 0.941 bits per heavy atom. The van der Waals surface area contributed by atoms with Crippen molar-refractivity contribution in [1.29, 1.82) is 0 Å². The summed E-state index contributed by atoms with van der Waals surface area (Å²) in [6.45, 7) is 0.616. The van der Waals surface area contributed by atoms with Crippen LogP contribution < -0.4 is 0 Å². The fourth-order valence-corrected chi connectivity index (χ4v) is 2.42. The lowest BCUT2D eigenvalue weighted by atomic mass is 10.0. The molecule has 0 aliphatic carbocycles. The summed E-state index contributed by atoms with van der Waals surface area (Å²) in [4.78, 5) is 0. The molecular weight excluding hydrogens is 344 g/mol. The average molecular weight is 356 g/mol. The van der Waals surface area contributed by atoms with Gasteiger partial charge < -0.3 is 4.74 Å². The van der Waals surface area contributed by atoms with Crippen molar-refractivity contribution in [3.63, 3.8) is 0 Å². The van der Waals surface area contributed by atoms with E-state index in [4.69, 9.17) is 4.74 Å². The van der Waals surface area contributed by atoms with Crippen LogP contribution in [0.2, 0.25) is 0 Å². The molecule has 0 saturated carbocycles. The largest absolute Gasteiger partial charge is 0.380 e. The van der Waals surface area contributed by atoms with Gasteiger partial charge in [0.15, 0.2) is 0 Å². The number of hydrogen-bond acceptors (Lipinski definition) is 1. The third-order valence-corrected chi connectivity index (χ3v) is 3.54. The molecule has 2 aromatic rings. The standard InChI is InChI=1S/C14H12Br2O/c1-17-9-11-8-13(16)6-7-14(11)10-2-4-12(15)5-3-10/h2-8H,9H2,1H3. The first-order chi connectivity index (χ1) is 8.20. The lowest BCUT2D eigenvalue weighted by molar-refractivity contribution is 0.185. The van der Waals surface area contributed by atoms with Gasteiger partial charge in [-0.25, -0.2) is 0 Å². The van der Waals surface area contributed by atoms with E-state index in [1.165, 1.54) is 16.7 Å². The number of rotatable bonds is 3. The van der Waals surface area contributed by atoms with E-state index in [0.717, 1.165) is 8.95 Å². The molecular formula is C14H12Br2O. The predicted octanol–water partition coefficient (Wildman–Crippen LogP) is 5.03. The Bertz CT molecular complexity index is 506. The molecule has 0 aliphatic heterocycles. The lowest BCUT2D eigenvalue weighted by Crippen LogP contribution is -1.92. The first-order valence-electron chi connectivity index (χ1n) is 5.24. The van der Waals surface area contributed by atoms with Crippen LogP contribution in [0.5, 0.6) is 0 Å². The molecule has 0 aromatic heterocycles. The molecule has 17 heavy (non-hydrogen) atoms. The van der Waals surface area contributed by atoms with Gasteiger partial charge in [-0.3, -0.25) is 0 Å². The van der Waals surface area contributed by atoms with E-state index in [0.29, 0.717) is 6.61 Å². The van der Waals surface area contributed by atoms with Crippen molar-refractivity contribution in [1.82, 2.24) is 0 Å². The van der Waals surface area contributed by atoms with Crippen LogP contribution in [-0.2, 0) is 11.3 Å². The van der Waals surface area contributed by atoms with Crippen molar-refractivity contribution in [3.8, 4) is 11.1 Å². The highest BCUT2D eigenvalue weighted by molar-refractivity contribution is 9.10. The minimum absolute atomic E-state index is 0.616. The van der Waals surface area contributed by atoms with Crippen LogP contribution in [0.25, 0.3) is 11.1 Å². The van der Waals surface area contributed by atoms with Crippen LogP contribution in [0, 0.1) is 0 Å². The second-order valence-corrected chi connectivity index (χ2v) is 5.57. The van der Waals surface area contributed by atoms with Crippen LogP contribution >= 0.6 is 31.9 Å². The summed E-state index contributed by atoms with van der Waals surface area (Å²) in [6.07, 6.45) is 0. The van der Waals surface area contributed by atoms with Gasteiger partial charge in [0, 0.05) is 16.1 Å². The predicted molar refractivity (Wildman–Crippen MR) is 78.0 cm³/mol. The third-order valence-electron chi connectivity index (χ3n) is 2.52. The van der Waals surface area contributed by atoms with E-state index in [1.54, 1.807) is 7.11 Å². The quantitative estimate of drug-likeness (QED) is 0.750. The van der Waals surface area contributed by atoms with Crippen molar-refractivity contribution in [2.75, 3.05) is 7.11 Å². The normalized spacial score (nSPS) is 10.5. The Hall–Kier alpha value is -0.640. The van der Waals surface area contributed by atoms with Crippen LogP contribution in [0.15, 0.2) is 51.4 Å². The van der Waals surface area contributed by atoms with Gasteiger partial charge in [-0.05, 0) is 41.0 Å². The van der Waals surface area contributed by atoms with Gasteiger partial charge in [-0.1, -0.05) is 50.1 Å². The van der Waals surface area contributed by atoms with E-state index in [2.05, 4.69) is 62.2 Å². The molecule has 0 unspecified atom stereocenters. The van der Waals surface area contributed by atoms with Crippen LogP contribution in [-0.4, -0.2) is 7.11 Å². The van der Waals surface area contributed by atoms with E-state index in [9.17, 15) is 0 Å². The SMILES string of the molecule is COCc1cc(Br)ccc1-c1ccc(Br)cc1. The van der Waals surface area contributed by atoms with Crippen molar-refractivity contribution in [2.24, 2.45) is 0 Å². The molecule has 0 radical (unpaired) electrons. The molecule has 0 saturated heterocycles. The van der Waals surface area contributed by atoms with E-state index in [1.807, 2.05) is 12.1 Å². The first kappa shape index (κ1) is 12.8. The van der Waals surface area contributed by atoms with Gasteiger partial charge >= 0.3 is 0 Å². The molecule has 0 N–H and O–H groups in total. The zero-order valence-corrected chi connectivity index (χ0v) is 12.6. The summed E-state index contributed by atoms with van der Waals surface area (Å²) in [6, 6.07) is 14.6. The Labute approximate surface area is 118 Å². The number of hydrogen-bond donors (Lipinski definition) is 0. The molecule has 0 bridgehead atoms. The van der Waals surface area contributed by atoms with Gasteiger partial charge in [0.05, 0.1) is 6.61 Å². The Balaban J connectivity index is 2.46. The number of methoxy groups -OCH3 is 1. The molecule has 0 atom stereocenters. The third kappa shape index (κ3) is 3.18.